The van der Waals surface area contributed by atoms with Gasteiger partial charge in [-0.15, -0.1) is 0 Å². The first-order valence-electron chi connectivity index (χ1n) is 4.06. The standard InChI is InChI=1S/C10H7BrN2O/c11-8-4-7-2-1-3-12-10(7)9(5-8)13-6-14/h1-6H,(H,13,14). The zero-order chi connectivity index (χ0) is 9.97. The van der Waals surface area contributed by atoms with Crippen molar-refractivity contribution < 1.29 is 4.79 Å². The quantitative estimate of drug-likeness (QED) is 0.833. The third kappa shape index (κ3) is 1.61. The number of pyridine rings is 1. The number of carbonyl (C=O) groups is 1. The van der Waals surface area contributed by atoms with Crippen molar-refractivity contribution in [2.24, 2.45) is 0 Å². The number of fused-ring (bicyclic) bond motifs is 1. The van der Waals surface area contributed by atoms with E-state index >= 15 is 0 Å². The van der Waals surface area contributed by atoms with Gasteiger partial charge in [0, 0.05) is 16.1 Å². The summed E-state index contributed by atoms with van der Waals surface area (Å²) in [6.45, 7) is 0. The number of benzene rings is 1. The van der Waals surface area contributed by atoms with E-state index in [1.54, 1.807) is 6.20 Å². The molecule has 0 aliphatic heterocycles. The van der Waals surface area contributed by atoms with Gasteiger partial charge in [-0.2, -0.15) is 0 Å². The number of anilines is 1. The van der Waals surface area contributed by atoms with Gasteiger partial charge < -0.3 is 5.32 Å². The molecule has 1 aromatic carbocycles. The maximum atomic E-state index is 10.4. The summed E-state index contributed by atoms with van der Waals surface area (Å²) in [6, 6.07) is 7.59. The Labute approximate surface area is 89.3 Å². The molecule has 4 heteroatoms. The lowest BCUT2D eigenvalue weighted by molar-refractivity contribution is -0.105. The molecule has 0 unspecified atom stereocenters. The smallest absolute Gasteiger partial charge is 0.211 e. The summed E-state index contributed by atoms with van der Waals surface area (Å²) in [5.74, 6) is 0. The molecule has 0 saturated heterocycles. The van der Waals surface area contributed by atoms with E-state index in [0.29, 0.717) is 12.1 Å². The molecule has 0 aliphatic rings. The van der Waals surface area contributed by atoms with Crippen molar-refractivity contribution in [2.75, 3.05) is 5.32 Å². The number of halogens is 1. The van der Waals surface area contributed by atoms with Gasteiger partial charge in [0.2, 0.25) is 6.41 Å². The van der Waals surface area contributed by atoms with Gasteiger partial charge in [0.25, 0.3) is 0 Å². The minimum atomic E-state index is 0.649. The van der Waals surface area contributed by atoms with Crippen LogP contribution in [0.5, 0.6) is 0 Å². The Hall–Kier alpha value is -1.42. The molecule has 14 heavy (non-hydrogen) atoms. The third-order valence-electron chi connectivity index (χ3n) is 1.88. The van der Waals surface area contributed by atoms with Crippen LogP contribution in [0.25, 0.3) is 10.9 Å². The van der Waals surface area contributed by atoms with Crippen LogP contribution in [0.2, 0.25) is 0 Å². The minimum absolute atomic E-state index is 0.649. The fourth-order valence-electron chi connectivity index (χ4n) is 1.33. The van der Waals surface area contributed by atoms with E-state index in [4.69, 9.17) is 0 Å². The molecule has 0 fully saturated rings. The summed E-state index contributed by atoms with van der Waals surface area (Å²) in [5, 5.41) is 3.61. The Morgan fingerprint density at radius 1 is 1.43 bits per heavy atom. The van der Waals surface area contributed by atoms with Crippen molar-refractivity contribution in [3.05, 3.63) is 34.9 Å². The highest BCUT2D eigenvalue weighted by molar-refractivity contribution is 9.10. The summed E-state index contributed by atoms with van der Waals surface area (Å²) < 4.78 is 0.919. The molecule has 1 heterocycles. The SMILES string of the molecule is O=CNc1cc(Br)cc2cccnc12. The van der Waals surface area contributed by atoms with E-state index in [0.717, 1.165) is 15.4 Å². The Morgan fingerprint density at radius 3 is 3.07 bits per heavy atom. The molecule has 1 amide bonds. The Morgan fingerprint density at radius 2 is 2.29 bits per heavy atom. The van der Waals surface area contributed by atoms with E-state index in [2.05, 4.69) is 26.2 Å². The zero-order valence-corrected chi connectivity index (χ0v) is 8.78. The lowest BCUT2D eigenvalue weighted by atomic mass is 10.2. The summed E-state index contributed by atoms with van der Waals surface area (Å²) in [6.07, 6.45) is 2.35. The number of amides is 1. The molecular weight excluding hydrogens is 244 g/mol. The molecular formula is C10H7BrN2O. The largest absolute Gasteiger partial charge is 0.327 e. The molecule has 2 aromatic rings. The highest BCUT2D eigenvalue weighted by Gasteiger charge is 2.02. The van der Waals surface area contributed by atoms with Crippen LogP contribution in [0.3, 0.4) is 0 Å². The van der Waals surface area contributed by atoms with Gasteiger partial charge in [0.1, 0.15) is 0 Å². The van der Waals surface area contributed by atoms with E-state index in [1.807, 2.05) is 24.3 Å². The first kappa shape index (κ1) is 9.15. The predicted molar refractivity (Wildman–Crippen MR) is 59.1 cm³/mol. The van der Waals surface area contributed by atoms with Gasteiger partial charge >= 0.3 is 0 Å². The highest BCUT2D eigenvalue weighted by atomic mass is 79.9. The second-order valence-corrected chi connectivity index (χ2v) is 3.71. The monoisotopic (exact) mass is 250 g/mol. The van der Waals surface area contributed by atoms with Crippen molar-refractivity contribution in [1.82, 2.24) is 4.98 Å². The first-order valence-corrected chi connectivity index (χ1v) is 4.85. The topological polar surface area (TPSA) is 42.0 Å². The summed E-state index contributed by atoms with van der Waals surface area (Å²) in [4.78, 5) is 14.6. The summed E-state index contributed by atoms with van der Waals surface area (Å²) in [7, 11) is 0. The lowest BCUT2D eigenvalue weighted by Gasteiger charge is -2.04. The molecule has 0 atom stereocenters. The number of carbonyl (C=O) groups excluding carboxylic acids is 1. The summed E-state index contributed by atoms with van der Waals surface area (Å²) in [5.41, 5.74) is 1.51. The second kappa shape index (κ2) is 3.75. The average molecular weight is 251 g/mol. The maximum Gasteiger partial charge on any atom is 0.211 e. The van der Waals surface area contributed by atoms with Crippen LogP contribution in [-0.2, 0) is 4.79 Å². The molecule has 0 saturated carbocycles. The van der Waals surface area contributed by atoms with Crippen molar-refractivity contribution in [2.45, 2.75) is 0 Å². The minimum Gasteiger partial charge on any atom is -0.327 e. The number of hydrogen-bond acceptors (Lipinski definition) is 2. The van der Waals surface area contributed by atoms with Gasteiger partial charge in [-0.25, -0.2) is 0 Å². The van der Waals surface area contributed by atoms with Gasteiger partial charge in [-0.3, -0.25) is 9.78 Å². The summed E-state index contributed by atoms with van der Waals surface area (Å²) >= 11 is 3.37. The van der Waals surface area contributed by atoms with E-state index < -0.39 is 0 Å². The predicted octanol–water partition coefficient (Wildman–Crippen LogP) is 2.57. The van der Waals surface area contributed by atoms with Gasteiger partial charge in [0.15, 0.2) is 0 Å². The van der Waals surface area contributed by atoms with Crippen LogP contribution >= 0.6 is 15.9 Å². The number of aromatic nitrogens is 1. The molecule has 0 aliphatic carbocycles. The van der Waals surface area contributed by atoms with Gasteiger partial charge in [-0.1, -0.05) is 22.0 Å². The number of rotatable bonds is 2. The van der Waals surface area contributed by atoms with Crippen LogP contribution in [0.1, 0.15) is 0 Å². The molecule has 0 bridgehead atoms. The van der Waals surface area contributed by atoms with Crippen LogP contribution in [0.15, 0.2) is 34.9 Å². The molecule has 2 rings (SSSR count). The molecule has 3 nitrogen and oxygen atoms in total. The number of nitrogens with zero attached hydrogens (tertiary/aromatic N) is 1. The Kier molecular flexibility index (Phi) is 2.45. The average Bonchev–Trinajstić information content (AvgIpc) is 2.18. The molecule has 1 aromatic heterocycles. The van der Waals surface area contributed by atoms with E-state index in [9.17, 15) is 4.79 Å². The highest BCUT2D eigenvalue weighted by Crippen LogP contribution is 2.25. The van der Waals surface area contributed by atoms with Crippen molar-refractivity contribution >= 4 is 38.9 Å². The third-order valence-corrected chi connectivity index (χ3v) is 2.34. The first-order chi connectivity index (χ1) is 6.81. The van der Waals surface area contributed by atoms with E-state index in [-0.39, 0.29) is 0 Å². The van der Waals surface area contributed by atoms with Crippen LogP contribution < -0.4 is 5.32 Å². The van der Waals surface area contributed by atoms with Crippen LogP contribution in [-0.4, -0.2) is 11.4 Å². The van der Waals surface area contributed by atoms with Crippen molar-refractivity contribution in [3.8, 4) is 0 Å². The van der Waals surface area contributed by atoms with Crippen LogP contribution in [0.4, 0.5) is 5.69 Å². The van der Waals surface area contributed by atoms with Crippen molar-refractivity contribution in [3.63, 3.8) is 0 Å². The second-order valence-electron chi connectivity index (χ2n) is 2.79. The molecule has 70 valence electrons. The lowest BCUT2D eigenvalue weighted by Crippen LogP contribution is -1.95. The number of hydrogen-bond donors (Lipinski definition) is 1. The Balaban J connectivity index is 2.73. The van der Waals surface area contributed by atoms with Gasteiger partial charge in [-0.05, 0) is 18.2 Å². The molecule has 1 N–H and O–H groups in total. The van der Waals surface area contributed by atoms with Crippen LogP contribution in [0, 0.1) is 0 Å². The van der Waals surface area contributed by atoms with Gasteiger partial charge in [0.05, 0.1) is 11.2 Å². The van der Waals surface area contributed by atoms with Crippen molar-refractivity contribution in [1.29, 1.82) is 0 Å². The normalized spacial score (nSPS) is 10.1. The van der Waals surface area contributed by atoms with E-state index in [1.165, 1.54) is 0 Å². The maximum absolute atomic E-state index is 10.4. The number of nitrogens with one attached hydrogen (secondary N) is 1. The Bertz CT molecular complexity index is 485. The zero-order valence-electron chi connectivity index (χ0n) is 7.20. The molecule has 0 spiro atoms. The molecule has 0 radical (unpaired) electrons. The fraction of sp³-hybridized carbons (Fsp3) is 0. The fourth-order valence-corrected chi connectivity index (χ4v) is 1.80.